The van der Waals surface area contributed by atoms with E-state index >= 15 is 0 Å². The first-order chi connectivity index (χ1) is 20.0. The second-order valence-electron chi connectivity index (χ2n) is 10.2. The molecule has 1 aromatic heterocycles. The molecule has 2 heterocycles. The van der Waals surface area contributed by atoms with Crippen LogP contribution in [0.4, 0.5) is 5.69 Å². The predicted octanol–water partition coefficient (Wildman–Crippen LogP) is 8.08. The van der Waals surface area contributed by atoms with Crippen LogP contribution >= 0.6 is 15.9 Å². The molecule has 4 aromatic rings. The highest BCUT2D eigenvalue weighted by Gasteiger charge is 2.37. The number of amides is 1. The maximum Gasteiger partial charge on any atom is 0.250 e. The highest BCUT2D eigenvalue weighted by molar-refractivity contribution is 9.10. The second kappa shape index (κ2) is 13.1. The third kappa shape index (κ3) is 6.18. The third-order valence-electron chi connectivity index (χ3n) is 7.26. The number of rotatable bonds is 9. The molecule has 41 heavy (non-hydrogen) atoms. The van der Waals surface area contributed by atoms with E-state index in [-0.39, 0.29) is 5.91 Å². The SMILES string of the molecule is CCCN(CCC)C(=O)C1=Cc2ncc(Br)cc2NC(=NC(c2ccccc2)(c2ccccc2)c2ccccc2)C1. The van der Waals surface area contributed by atoms with Gasteiger partial charge < -0.3 is 10.2 Å². The lowest BCUT2D eigenvalue weighted by atomic mass is 9.77. The molecular weight excluding hydrogens is 572 g/mol. The van der Waals surface area contributed by atoms with Crippen LogP contribution < -0.4 is 5.32 Å². The van der Waals surface area contributed by atoms with Crippen LogP contribution in [-0.4, -0.2) is 34.7 Å². The zero-order valence-electron chi connectivity index (χ0n) is 23.6. The lowest BCUT2D eigenvalue weighted by Gasteiger charge is -2.33. The molecule has 0 bridgehead atoms. The molecule has 3 aromatic carbocycles. The Bertz CT molecular complexity index is 1430. The lowest BCUT2D eigenvalue weighted by molar-refractivity contribution is -0.127. The summed E-state index contributed by atoms with van der Waals surface area (Å²) in [5.41, 5.74) is 4.48. The molecule has 1 N–H and O–H groups in total. The van der Waals surface area contributed by atoms with Crippen LogP contribution in [-0.2, 0) is 10.3 Å². The Labute approximate surface area is 251 Å². The van der Waals surface area contributed by atoms with Crippen molar-refractivity contribution in [1.29, 1.82) is 0 Å². The summed E-state index contributed by atoms with van der Waals surface area (Å²) < 4.78 is 0.852. The van der Waals surface area contributed by atoms with Crippen molar-refractivity contribution >= 4 is 39.4 Å². The summed E-state index contributed by atoms with van der Waals surface area (Å²) in [6.07, 6.45) is 5.84. The van der Waals surface area contributed by atoms with Gasteiger partial charge in [-0.2, -0.15) is 0 Å². The standard InChI is InChI=1S/C35H35BrN4O/c1-3-20-40(21-4-2)34(41)26-22-31-32(24-30(36)25-37-31)38-33(23-26)39-35(27-14-8-5-9-15-27,28-16-10-6-11-17-28)29-18-12-7-13-19-29/h5-19,22,24-25H,3-4,20-21,23H2,1-2H3,(H,38,39). The van der Waals surface area contributed by atoms with E-state index in [9.17, 15) is 4.79 Å². The highest BCUT2D eigenvalue weighted by Crippen LogP contribution is 2.41. The number of hydrogen-bond acceptors (Lipinski definition) is 3. The van der Waals surface area contributed by atoms with E-state index in [2.05, 4.69) is 113 Å². The zero-order valence-corrected chi connectivity index (χ0v) is 25.1. The molecule has 1 amide bonds. The van der Waals surface area contributed by atoms with Crippen LogP contribution in [0.15, 0.2) is 118 Å². The predicted molar refractivity (Wildman–Crippen MR) is 172 cm³/mol. The van der Waals surface area contributed by atoms with E-state index < -0.39 is 5.54 Å². The first-order valence-corrected chi connectivity index (χ1v) is 15.0. The smallest absolute Gasteiger partial charge is 0.250 e. The second-order valence-corrected chi connectivity index (χ2v) is 11.1. The number of amidine groups is 1. The van der Waals surface area contributed by atoms with E-state index in [1.807, 2.05) is 35.2 Å². The molecule has 0 unspecified atom stereocenters. The van der Waals surface area contributed by atoms with Gasteiger partial charge in [-0.15, -0.1) is 0 Å². The fraction of sp³-hybridized carbons (Fsp3) is 0.229. The first kappa shape index (κ1) is 28.5. The minimum absolute atomic E-state index is 0.0329. The van der Waals surface area contributed by atoms with Gasteiger partial charge >= 0.3 is 0 Å². The largest absolute Gasteiger partial charge is 0.342 e. The molecule has 1 aliphatic heterocycles. The molecule has 0 atom stereocenters. The number of nitrogens with zero attached hydrogens (tertiary/aromatic N) is 3. The van der Waals surface area contributed by atoms with Gasteiger partial charge in [-0.05, 0) is 57.6 Å². The Balaban J connectivity index is 1.74. The summed E-state index contributed by atoms with van der Waals surface area (Å²) in [4.78, 5) is 26.2. The Kier molecular flexibility index (Phi) is 9.10. The number of carbonyl (C=O) groups is 1. The van der Waals surface area contributed by atoms with Gasteiger partial charge in [-0.25, -0.2) is 0 Å². The van der Waals surface area contributed by atoms with E-state index in [0.717, 1.165) is 45.4 Å². The fourth-order valence-corrected chi connectivity index (χ4v) is 5.79. The molecule has 5 nitrogen and oxygen atoms in total. The molecule has 0 fully saturated rings. The molecule has 0 aliphatic carbocycles. The van der Waals surface area contributed by atoms with Crippen LogP contribution in [0.1, 0.15) is 55.5 Å². The van der Waals surface area contributed by atoms with Crippen molar-refractivity contribution in [2.24, 2.45) is 4.99 Å². The average molecular weight is 608 g/mol. The average Bonchev–Trinajstić information content (AvgIpc) is 3.19. The monoisotopic (exact) mass is 606 g/mol. The van der Waals surface area contributed by atoms with Crippen molar-refractivity contribution in [2.75, 3.05) is 18.4 Å². The molecule has 0 saturated carbocycles. The van der Waals surface area contributed by atoms with Crippen molar-refractivity contribution < 1.29 is 4.79 Å². The van der Waals surface area contributed by atoms with Crippen LogP contribution in [0.25, 0.3) is 6.08 Å². The maximum absolute atomic E-state index is 14.0. The molecule has 0 radical (unpaired) electrons. The summed E-state index contributed by atoms with van der Waals surface area (Å²) in [5.74, 6) is 0.734. The number of aliphatic imine (C=N–C) groups is 1. The van der Waals surface area contributed by atoms with Gasteiger partial charge in [0.15, 0.2) is 0 Å². The molecular formula is C35H35BrN4O. The van der Waals surface area contributed by atoms with Crippen molar-refractivity contribution in [2.45, 2.75) is 38.6 Å². The molecule has 0 saturated heterocycles. The molecule has 5 rings (SSSR count). The minimum Gasteiger partial charge on any atom is -0.342 e. The molecule has 6 heteroatoms. The molecule has 208 valence electrons. The normalized spacial score (nSPS) is 14.0. The van der Waals surface area contributed by atoms with E-state index in [1.165, 1.54) is 0 Å². The number of hydrogen-bond donors (Lipinski definition) is 1. The minimum atomic E-state index is -0.850. The van der Waals surface area contributed by atoms with Gasteiger partial charge in [-0.1, -0.05) is 105 Å². The number of pyridine rings is 1. The van der Waals surface area contributed by atoms with Gasteiger partial charge in [0.2, 0.25) is 5.91 Å². The van der Waals surface area contributed by atoms with Gasteiger partial charge in [0.05, 0.1) is 11.4 Å². The van der Waals surface area contributed by atoms with E-state index in [1.54, 1.807) is 6.20 Å². The summed E-state index contributed by atoms with van der Waals surface area (Å²) in [6, 6.07) is 33.1. The number of anilines is 1. The van der Waals surface area contributed by atoms with Gasteiger partial charge in [0, 0.05) is 35.8 Å². The number of halogens is 1. The Morgan fingerprint density at radius 3 is 1.88 bits per heavy atom. The van der Waals surface area contributed by atoms with Gasteiger partial charge in [0.25, 0.3) is 0 Å². The van der Waals surface area contributed by atoms with Crippen LogP contribution in [0.3, 0.4) is 0 Å². The summed E-state index contributed by atoms with van der Waals surface area (Å²) in [5, 5.41) is 3.59. The third-order valence-corrected chi connectivity index (χ3v) is 7.69. The summed E-state index contributed by atoms with van der Waals surface area (Å²) in [6.45, 7) is 5.64. The summed E-state index contributed by atoms with van der Waals surface area (Å²) in [7, 11) is 0. The number of carbonyl (C=O) groups excluding carboxylic acids is 1. The molecule has 1 aliphatic rings. The maximum atomic E-state index is 14.0. The van der Waals surface area contributed by atoms with Gasteiger partial charge in [-0.3, -0.25) is 14.8 Å². The van der Waals surface area contributed by atoms with Crippen LogP contribution in [0.2, 0.25) is 0 Å². The number of benzene rings is 3. The summed E-state index contributed by atoms with van der Waals surface area (Å²) >= 11 is 3.58. The van der Waals surface area contributed by atoms with Crippen molar-refractivity contribution in [1.82, 2.24) is 9.88 Å². The molecule has 0 spiro atoms. The number of fused-ring (bicyclic) bond motifs is 1. The fourth-order valence-electron chi connectivity index (χ4n) is 5.46. The Hall–Kier alpha value is -4.03. The number of aromatic nitrogens is 1. The highest BCUT2D eigenvalue weighted by atomic mass is 79.9. The van der Waals surface area contributed by atoms with Gasteiger partial charge in [0.1, 0.15) is 11.4 Å². The van der Waals surface area contributed by atoms with E-state index in [4.69, 9.17) is 4.99 Å². The zero-order chi connectivity index (χ0) is 28.7. The van der Waals surface area contributed by atoms with Crippen molar-refractivity contribution in [3.8, 4) is 0 Å². The topological polar surface area (TPSA) is 57.6 Å². The number of nitrogens with one attached hydrogen (secondary N) is 1. The van der Waals surface area contributed by atoms with Crippen molar-refractivity contribution in [3.63, 3.8) is 0 Å². The first-order valence-electron chi connectivity index (χ1n) is 14.2. The van der Waals surface area contributed by atoms with Crippen LogP contribution in [0, 0.1) is 0 Å². The quantitative estimate of drug-likeness (QED) is 0.196. The van der Waals surface area contributed by atoms with E-state index in [0.29, 0.717) is 30.9 Å². The Morgan fingerprint density at radius 2 is 1.39 bits per heavy atom. The van der Waals surface area contributed by atoms with Crippen LogP contribution in [0.5, 0.6) is 0 Å². The van der Waals surface area contributed by atoms with Crippen molar-refractivity contribution in [3.05, 3.63) is 136 Å². The lowest BCUT2D eigenvalue weighted by Crippen LogP contribution is -2.35. The Morgan fingerprint density at radius 1 is 0.878 bits per heavy atom.